The monoisotopic (exact) mass is 215 g/mol. The summed E-state index contributed by atoms with van der Waals surface area (Å²) < 4.78 is 12.8. The van der Waals surface area contributed by atoms with E-state index in [9.17, 15) is 4.39 Å². The highest BCUT2D eigenvalue weighted by molar-refractivity contribution is 5.79. The number of benzene rings is 1. The van der Waals surface area contributed by atoms with E-state index in [2.05, 4.69) is 15.5 Å². The highest BCUT2D eigenvalue weighted by Gasteiger charge is 1.91. The molecule has 2 rings (SSSR count). The number of pyridine rings is 1. The molecule has 0 radical (unpaired) electrons. The van der Waals surface area contributed by atoms with Gasteiger partial charge < -0.3 is 0 Å². The molecule has 0 bridgehead atoms. The predicted molar refractivity (Wildman–Crippen MR) is 61.9 cm³/mol. The van der Waals surface area contributed by atoms with Crippen molar-refractivity contribution in [1.29, 1.82) is 0 Å². The third kappa shape index (κ3) is 2.88. The minimum atomic E-state index is -0.288. The van der Waals surface area contributed by atoms with E-state index in [1.54, 1.807) is 30.7 Å². The first-order chi connectivity index (χ1) is 7.84. The third-order valence-electron chi connectivity index (χ3n) is 1.94. The van der Waals surface area contributed by atoms with Gasteiger partial charge in [-0.05, 0) is 35.9 Å². The highest BCUT2D eigenvalue weighted by Crippen LogP contribution is 2.08. The van der Waals surface area contributed by atoms with Crippen LogP contribution in [0.15, 0.2) is 53.9 Å². The van der Waals surface area contributed by atoms with Crippen molar-refractivity contribution in [1.82, 2.24) is 4.98 Å². The van der Waals surface area contributed by atoms with E-state index >= 15 is 0 Å². The van der Waals surface area contributed by atoms with Gasteiger partial charge in [0, 0.05) is 12.4 Å². The Hall–Kier alpha value is -2.23. The molecule has 0 atom stereocenters. The molecule has 0 unspecified atom stereocenters. The second-order valence-electron chi connectivity index (χ2n) is 3.16. The molecule has 4 heteroatoms. The van der Waals surface area contributed by atoms with Crippen molar-refractivity contribution in [3.05, 3.63) is 60.2 Å². The average Bonchev–Trinajstić information content (AvgIpc) is 2.30. The molecule has 80 valence electrons. The SMILES string of the molecule is Fc1cccc(NN=Cc2ccncc2)c1. The minimum Gasteiger partial charge on any atom is -0.278 e. The van der Waals surface area contributed by atoms with E-state index in [4.69, 9.17) is 0 Å². The molecular formula is C12H10FN3. The summed E-state index contributed by atoms with van der Waals surface area (Å²) in [5.74, 6) is -0.288. The molecule has 1 N–H and O–H groups in total. The average molecular weight is 215 g/mol. The maximum atomic E-state index is 12.8. The lowest BCUT2D eigenvalue weighted by Gasteiger charge is -1.99. The Labute approximate surface area is 92.7 Å². The molecule has 0 aliphatic carbocycles. The first-order valence-electron chi connectivity index (χ1n) is 4.79. The topological polar surface area (TPSA) is 37.3 Å². The zero-order valence-corrected chi connectivity index (χ0v) is 8.47. The van der Waals surface area contributed by atoms with Crippen LogP contribution in [0, 0.1) is 5.82 Å². The van der Waals surface area contributed by atoms with Gasteiger partial charge in [0.2, 0.25) is 0 Å². The maximum Gasteiger partial charge on any atom is 0.125 e. The Kier molecular flexibility index (Phi) is 3.23. The molecule has 1 heterocycles. The predicted octanol–water partition coefficient (Wildman–Crippen LogP) is 2.67. The standard InChI is InChI=1S/C12H10FN3/c13-11-2-1-3-12(8-11)16-15-9-10-4-6-14-7-5-10/h1-9,16H. The summed E-state index contributed by atoms with van der Waals surface area (Å²) in [4.78, 5) is 3.89. The molecule has 0 spiro atoms. The number of anilines is 1. The Morgan fingerprint density at radius 2 is 2.00 bits per heavy atom. The fourth-order valence-corrected chi connectivity index (χ4v) is 1.19. The molecular weight excluding hydrogens is 205 g/mol. The zero-order valence-electron chi connectivity index (χ0n) is 8.47. The second kappa shape index (κ2) is 5.02. The van der Waals surface area contributed by atoms with Crippen LogP contribution in [0.5, 0.6) is 0 Å². The van der Waals surface area contributed by atoms with Crippen molar-refractivity contribution in [2.24, 2.45) is 5.10 Å². The van der Waals surface area contributed by atoms with E-state index < -0.39 is 0 Å². The van der Waals surface area contributed by atoms with Crippen molar-refractivity contribution in [3.8, 4) is 0 Å². The van der Waals surface area contributed by atoms with Gasteiger partial charge in [-0.25, -0.2) is 4.39 Å². The molecule has 0 aliphatic rings. The van der Waals surface area contributed by atoms with E-state index in [1.807, 2.05) is 12.1 Å². The van der Waals surface area contributed by atoms with Gasteiger partial charge in [0.15, 0.2) is 0 Å². The zero-order chi connectivity index (χ0) is 11.2. The summed E-state index contributed by atoms with van der Waals surface area (Å²) in [5.41, 5.74) is 4.29. The summed E-state index contributed by atoms with van der Waals surface area (Å²) >= 11 is 0. The maximum absolute atomic E-state index is 12.8. The van der Waals surface area contributed by atoms with Crippen molar-refractivity contribution in [2.45, 2.75) is 0 Å². The Bertz CT molecular complexity index is 483. The van der Waals surface area contributed by atoms with Crippen LogP contribution in [0.2, 0.25) is 0 Å². The van der Waals surface area contributed by atoms with Crippen LogP contribution >= 0.6 is 0 Å². The number of hydrazone groups is 1. The fourth-order valence-electron chi connectivity index (χ4n) is 1.19. The van der Waals surface area contributed by atoms with Gasteiger partial charge in [0.1, 0.15) is 5.82 Å². The van der Waals surface area contributed by atoms with Crippen LogP contribution in [0.25, 0.3) is 0 Å². The van der Waals surface area contributed by atoms with E-state index in [-0.39, 0.29) is 5.82 Å². The number of rotatable bonds is 3. The van der Waals surface area contributed by atoms with Crippen LogP contribution in [-0.2, 0) is 0 Å². The Balaban J connectivity index is 2.00. The molecule has 0 saturated carbocycles. The smallest absolute Gasteiger partial charge is 0.125 e. The number of hydrogen-bond acceptors (Lipinski definition) is 3. The van der Waals surface area contributed by atoms with Crippen LogP contribution < -0.4 is 5.43 Å². The normalized spacial score (nSPS) is 10.6. The largest absolute Gasteiger partial charge is 0.278 e. The molecule has 3 nitrogen and oxygen atoms in total. The summed E-state index contributed by atoms with van der Waals surface area (Å²) in [6, 6.07) is 9.79. The fraction of sp³-hybridized carbons (Fsp3) is 0. The Morgan fingerprint density at radius 3 is 2.75 bits per heavy atom. The van der Waals surface area contributed by atoms with E-state index in [0.717, 1.165) is 5.56 Å². The second-order valence-corrected chi connectivity index (χ2v) is 3.16. The Morgan fingerprint density at radius 1 is 1.19 bits per heavy atom. The quantitative estimate of drug-likeness (QED) is 0.631. The lowest BCUT2D eigenvalue weighted by Crippen LogP contribution is -1.91. The molecule has 1 aromatic carbocycles. The number of nitrogens with zero attached hydrogens (tertiary/aromatic N) is 2. The first-order valence-corrected chi connectivity index (χ1v) is 4.79. The number of aromatic nitrogens is 1. The lowest BCUT2D eigenvalue weighted by atomic mass is 10.3. The number of nitrogens with one attached hydrogen (secondary N) is 1. The summed E-state index contributed by atoms with van der Waals surface area (Å²) in [6.07, 6.45) is 5.01. The van der Waals surface area contributed by atoms with Crippen molar-refractivity contribution in [3.63, 3.8) is 0 Å². The molecule has 1 aromatic heterocycles. The van der Waals surface area contributed by atoms with Gasteiger partial charge in [-0.1, -0.05) is 6.07 Å². The molecule has 0 aliphatic heterocycles. The van der Waals surface area contributed by atoms with Crippen LogP contribution in [0.4, 0.5) is 10.1 Å². The minimum absolute atomic E-state index is 0.288. The van der Waals surface area contributed by atoms with Gasteiger partial charge in [-0.15, -0.1) is 0 Å². The third-order valence-corrected chi connectivity index (χ3v) is 1.94. The molecule has 0 amide bonds. The summed E-state index contributed by atoms with van der Waals surface area (Å²) in [5, 5.41) is 3.98. The van der Waals surface area contributed by atoms with Crippen molar-refractivity contribution < 1.29 is 4.39 Å². The molecule has 16 heavy (non-hydrogen) atoms. The van der Waals surface area contributed by atoms with Crippen LogP contribution in [0.3, 0.4) is 0 Å². The van der Waals surface area contributed by atoms with Gasteiger partial charge in [0.25, 0.3) is 0 Å². The molecule has 0 saturated heterocycles. The van der Waals surface area contributed by atoms with Crippen LogP contribution in [-0.4, -0.2) is 11.2 Å². The van der Waals surface area contributed by atoms with Crippen molar-refractivity contribution in [2.75, 3.05) is 5.43 Å². The molecule has 0 fully saturated rings. The van der Waals surface area contributed by atoms with Gasteiger partial charge in [-0.3, -0.25) is 10.4 Å². The van der Waals surface area contributed by atoms with Gasteiger partial charge in [-0.2, -0.15) is 5.10 Å². The number of halogens is 1. The van der Waals surface area contributed by atoms with E-state index in [1.165, 1.54) is 12.1 Å². The van der Waals surface area contributed by atoms with Gasteiger partial charge in [0.05, 0.1) is 11.9 Å². The van der Waals surface area contributed by atoms with E-state index in [0.29, 0.717) is 5.69 Å². The summed E-state index contributed by atoms with van der Waals surface area (Å²) in [7, 11) is 0. The van der Waals surface area contributed by atoms with Crippen molar-refractivity contribution >= 4 is 11.9 Å². The summed E-state index contributed by atoms with van der Waals surface area (Å²) in [6.45, 7) is 0. The van der Waals surface area contributed by atoms with Crippen LogP contribution in [0.1, 0.15) is 5.56 Å². The lowest BCUT2D eigenvalue weighted by molar-refractivity contribution is 0.628. The first kappa shape index (κ1) is 10.3. The van der Waals surface area contributed by atoms with Gasteiger partial charge >= 0.3 is 0 Å². The number of hydrogen-bond donors (Lipinski definition) is 1. The highest BCUT2D eigenvalue weighted by atomic mass is 19.1. The molecule has 2 aromatic rings.